The molecule has 4 nitrogen and oxygen atoms in total. The Bertz CT molecular complexity index is 291. The Morgan fingerprint density at radius 2 is 2.25 bits per heavy atom. The van der Waals surface area contributed by atoms with Gasteiger partial charge in [-0.2, -0.15) is 5.26 Å². The van der Waals surface area contributed by atoms with E-state index in [2.05, 4.69) is 11.4 Å². The molecule has 68 valence electrons. The number of nitrogens with zero attached hydrogens (tertiary/aromatic N) is 1. The van der Waals surface area contributed by atoms with Gasteiger partial charge in [-0.05, 0) is 0 Å². The molecular formula is C7H12N2O2S. The predicted molar refractivity (Wildman–Crippen MR) is 45.2 cm³/mol. The summed E-state index contributed by atoms with van der Waals surface area (Å²) in [6.07, 6.45) is 1.21. The second-order valence-electron chi connectivity index (χ2n) is 3.25. The van der Waals surface area contributed by atoms with Crippen LogP contribution in [0.15, 0.2) is 0 Å². The molecule has 1 saturated heterocycles. The maximum absolute atomic E-state index is 10.9. The maximum atomic E-state index is 10.9. The van der Waals surface area contributed by atoms with Crippen LogP contribution in [-0.4, -0.2) is 33.5 Å². The number of nitriles is 1. The van der Waals surface area contributed by atoms with Gasteiger partial charge >= 0.3 is 0 Å². The summed E-state index contributed by atoms with van der Waals surface area (Å²) in [6.45, 7) is 1.27. The molecule has 1 N–H and O–H groups in total. The molecule has 12 heavy (non-hydrogen) atoms. The quantitative estimate of drug-likeness (QED) is 0.627. The van der Waals surface area contributed by atoms with E-state index in [1.807, 2.05) is 0 Å². The van der Waals surface area contributed by atoms with Crippen molar-refractivity contribution in [1.82, 2.24) is 5.32 Å². The van der Waals surface area contributed by atoms with Crippen molar-refractivity contribution >= 4 is 9.84 Å². The zero-order valence-electron chi connectivity index (χ0n) is 6.95. The molecule has 1 heterocycles. The van der Waals surface area contributed by atoms with Crippen LogP contribution in [0.1, 0.15) is 0 Å². The zero-order valence-corrected chi connectivity index (χ0v) is 7.76. The average Bonchev–Trinajstić information content (AvgIpc) is 2.31. The second kappa shape index (κ2) is 3.42. The molecule has 0 aromatic carbocycles. The van der Waals surface area contributed by atoms with Gasteiger partial charge in [-0.3, -0.25) is 0 Å². The normalized spacial score (nSPS) is 30.0. The maximum Gasteiger partial charge on any atom is 0.147 e. The van der Waals surface area contributed by atoms with Crippen LogP contribution in [0.5, 0.6) is 0 Å². The van der Waals surface area contributed by atoms with Crippen LogP contribution in [0, 0.1) is 23.2 Å². The van der Waals surface area contributed by atoms with E-state index < -0.39 is 9.84 Å². The molecule has 1 fully saturated rings. The van der Waals surface area contributed by atoms with E-state index in [4.69, 9.17) is 5.26 Å². The van der Waals surface area contributed by atoms with Crippen molar-refractivity contribution in [1.29, 1.82) is 5.26 Å². The van der Waals surface area contributed by atoms with E-state index in [9.17, 15) is 8.42 Å². The first-order valence-electron chi connectivity index (χ1n) is 3.81. The fraction of sp³-hybridized carbons (Fsp3) is 0.857. The van der Waals surface area contributed by atoms with Crippen molar-refractivity contribution in [2.75, 3.05) is 25.1 Å². The van der Waals surface area contributed by atoms with E-state index in [0.29, 0.717) is 13.1 Å². The lowest BCUT2D eigenvalue weighted by Crippen LogP contribution is -2.21. The summed E-state index contributed by atoms with van der Waals surface area (Å²) in [5.74, 6) is -0.0391. The van der Waals surface area contributed by atoms with Gasteiger partial charge in [0, 0.05) is 25.3 Å². The number of hydrogen-bond acceptors (Lipinski definition) is 4. The second-order valence-corrected chi connectivity index (χ2v) is 5.43. The van der Waals surface area contributed by atoms with E-state index in [-0.39, 0.29) is 17.6 Å². The minimum absolute atomic E-state index is 0.0231. The molecule has 2 atom stereocenters. The smallest absolute Gasteiger partial charge is 0.147 e. The number of sulfone groups is 1. The summed E-state index contributed by atoms with van der Waals surface area (Å²) in [7, 11) is -2.94. The topological polar surface area (TPSA) is 70.0 Å². The summed E-state index contributed by atoms with van der Waals surface area (Å²) in [5, 5.41) is 11.7. The summed E-state index contributed by atoms with van der Waals surface area (Å²) in [5.41, 5.74) is 0. The van der Waals surface area contributed by atoms with Crippen LogP contribution in [0.25, 0.3) is 0 Å². The largest absolute Gasteiger partial charge is 0.315 e. The van der Waals surface area contributed by atoms with E-state index in [1.54, 1.807) is 0 Å². The number of nitrogens with one attached hydrogen (secondary N) is 1. The van der Waals surface area contributed by atoms with Crippen LogP contribution in [0.4, 0.5) is 0 Å². The first kappa shape index (κ1) is 9.49. The fourth-order valence-corrected chi connectivity index (χ4v) is 2.58. The molecule has 0 amide bonds. The molecule has 1 rings (SSSR count). The molecular weight excluding hydrogens is 176 g/mol. The summed E-state index contributed by atoms with van der Waals surface area (Å²) < 4.78 is 21.8. The Morgan fingerprint density at radius 3 is 2.75 bits per heavy atom. The fourth-order valence-electron chi connectivity index (χ4n) is 1.45. The van der Waals surface area contributed by atoms with Crippen LogP contribution in [0.2, 0.25) is 0 Å². The van der Waals surface area contributed by atoms with Crippen LogP contribution in [0.3, 0.4) is 0 Å². The lowest BCUT2D eigenvalue weighted by Gasteiger charge is -2.09. The Balaban J connectivity index is 2.59. The predicted octanol–water partition coefficient (Wildman–Crippen LogP) is -0.610. The first-order valence-corrected chi connectivity index (χ1v) is 5.87. The van der Waals surface area contributed by atoms with Gasteiger partial charge in [0.1, 0.15) is 9.84 Å². The molecule has 0 saturated carbocycles. The molecule has 0 radical (unpaired) electrons. The van der Waals surface area contributed by atoms with Crippen LogP contribution < -0.4 is 5.32 Å². The standard InChI is InChI=1S/C7H12N2O2S/c1-12(10,11)5-7-4-9-3-6(7)2-8/h6-7,9H,3-5H2,1H3/t6-,7-/m0/s1. The lowest BCUT2D eigenvalue weighted by atomic mass is 10.0. The van der Waals surface area contributed by atoms with Gasteiger partial charge in [0.2, 0.25) is 0 Å². The van der Waals surface area contributed by atoms with Gasteiger partial charge in [0.05, 0.1) is 17.7 Å². The average molecular weight is 188 g/mol. The minimum Gasteiger partial charge on any atom is -0.315 e. The van der Waals surface area contributed by atoms with E-state index in [1.165, 1.54) is 6.26 Å². The third-order valence-corrected chi connectivity index (χ3v) is 3.06. The Morgan fingerprint density at radius 1 is 1.58 bits per heavy atom. The highest BCUT2D eigenvalue weighted by Gasteiger charge is 2.29. The van der Waals surface area contributed by atoms with Crippen molar-refractivity contribution in [3.63, 3.8) is 0 Å². The monoisotopic (exact) mass is 188 g/mol. The molecule has 0 bridgehead atoms. The molecule has 1 aliphatic rings. The molecule has 5 heteroatoms. The van der Waals surface area contributed by atoms with Gasteiger partial charge in [-0.25, -0.2) is 8.42 Å². The third-order valence-electron chi connectivity index (χ3n) is 2.02. The molecule has 0 unspecified atom stereocenters. The van der Waals surface area contributed by atoms with Crippen molar-refractivity contribution in [2.45, 2.75) is 0 Å². The first-order chi connectivity index (χ1) is 5.53. The Hall–Kier alpha value is -0.600. The highest BCUT2D eigenvalue weighted by Crippen LogP contribution is 2.17. The van der Waals surface area contributed by atoms with E-state index in [0.717, 1.165) is 0 Å². The van der Waals surface area contributed by atoms with Gasteiger partial charge in [-0.1, -0.05) is 0 Å². The molecule has 0 aliphatic carbocycles. The summed E-state index contributed by atoms with van der Waals surface area (Å²) >= 11 is 0. The minimum atomic E-state index is -2.94. The molecule has 0 aromatic heterocycles. The van der Waals surface area contributed by atoms with Crippen LogP contribution in [-0.2, 0) is 9.84 Å². The highest BCUT2D eigenvalue weighted by molar-refractivity contribution is 7.90. The van der Waals surface area contributed by atoms with Crippen molar-refractivity contribution in [3.8, 4) is 6.07 Å². The highest BCUT2D eigenvalue weighted by atomic mass is 32.2. The lowest BCUT2D eigenvalue weighted by molar-refractivity contribution is 0.533. The van der Waals surface area contributed by atoms with Gasteiger partial charge < -0.3 is 5.32 Å². The molecule has 0 spiro atoms. The van der Waals surface area contributed by atoms with E-state index >= 15 is 0 Å². The number of hydrogen-bond donors (Lipinski definition) is 1. The molecule has 1 aliphatic heterocycles. The van der Waals surface area contributed by atoms with Crippen LogP contribution >= 0.6 is 0 Å². The Labute approximate surface area is 72.5 Å². The summed E-state index contributed by atoms with van der Waals surface area (Å²) in [4.78, 5) is 0. The number of rotatable bonds is 2. The third kappa shape index (κ3) is 2.47. The van der Waals surface area contributed by atoms with Crippen molar-refractivity contribution in [2.24, 2.45) is 11.8 Å². The van der Waals surface area contributed by atoms with Gasteiger partial charge in [0.15, 0.2) is 0 Å². The summed E-state index contributed by atoms with van der Waals surface area (Å²) in [6, 6.07) is 2.11. The van der Waals surface area contributed by atoms with Crippen molar-refractivity contribution < 1.29 is 8.42 Å². The Kier molecular flexibility index (Phi) is 2.70. The SMILES string of the molecule is CS(=O)(=O)C[C@@H]1CNC[C@@H]1C#N. The van der Waals surface area contributed by atoms with Gasteiger partial charge in [0.25, 0.3) is 0 Å². The van der Waals surface area contributed by atoms with Gasteiger partial charge in [-0.15, -0.1) is 0 Å². The zero-order chi connectivity index (χ0) is 9.19. The molecule has 0 aromatic rings. The van der Waals surface area contributed by atoms with Crippen molar-refractivity contribution in [3.05, 3.63) is 0 Å².